The molecular formula is C17H28N2O4S. The third kappa shape index (κ3) is 4.27. The predicted octanol–water partition coefficient (Wildman–Crippen LogP) is 0.996. The van der Waals surface area contributed by atoms with Crippen molar-refractivity contribution in [2.75, 3.05) is 40.0 Å². The van der Waals surface area contributed by atoms with Crippen LogP contribution in [0, 0.1) is 19.8 Å². The molecule has 6 nitrogen and oxygen atoms in total. The van der Waals surface area contributed by atoms with E-state index in [0.717, 1.165) is 22.4 Å². The zero-order chi connectivity index (χ0) is 18.1. The van der Waals surface area contributed by atoms with Crippen molar-refractivity contribution in [3.63, 3.8) is 0 Å². The number of aliphatic hydroxyl groups is 1. The van der Waals surface area contributed by atoms with Crippen LogP contribution >= 0.6 is 0 Å². The van der Waals surface area contributed by atoms with Crippen molar-refractivity contribution in [3.05, 3.63) is 28.8 Å². The van der Waals surface area contributed by atoms with E-state index in [0.29, 0.717) is 19.6 Å². The number of likely N-dealkylation sites (tertiary alicyclic amines) is 1. The number of ether oxygens (including phenoxy) is 1. The zero-order valence-electron chi connectivity index (χ0n) is 15.1. The highest BCUT2D eigenvalue weighted by atomic mass is 32.2. The summed E-state index contributed by atoms with van der Waals surface area (Å²) in [5, 5.41) is 10.3. The third-order valence-electron chi connectivity index (χ3n) is 4.56. The van der Waals surface area contributed by atoms with Gasteiger partial charge in [0.15, 0.2) is 0 Å². The van der Waals surface area contributed by atoms with Crippen molar-refractivity contribution in [1.29, 1.82) is 0 Å². The third-order valence-corrected chi connectivity index (χ3v) is 6.52. The lowest BCUT2D eigenvalue weighted by molar-refractivity contribution is 0.148. The number of hydrogen-bond acceptors (Lipinski definition) is 5. The highest BCUT2D eigenvalue weighted by Gasteiger charge is 2.35. The second-order valence-electron chi connectivity index (χ2n) is 6.86. The number of nitrogens with zero attached hydrogens (tertiary/aromatic N) is 2. The molecule has 1 heterocycles. The van der Waals surface area contributed by atoms with E-state index in [4.69, 9.17) is 4.74 Å². The Morgan fingerprint density at radius 3 is 2.54 bits per heavy atom. The van der Waals surface area contributed by atoms with Gasteiger partial charge in [-0.25, -0.2) is 12.7 Å². The predicted molar refractivity (Wildman–Crippen MR) is 94.7 cm³/mol. The van der Waals surface area contributed by atoms with E-state index in [9.17, 15) is 13.5 Å². The Bertz CT molecular complexity index is 688. The van der Waals surface area contributed by atoms with E-state index in [1.165, 1.54) is 18.4 Å². The lowest BCUT2D eigenvalue weighted by Gasteiger charge is -2.20. The Hall–Kier alpha value is -1.15. The molecule has 0 aromatic heterocycles. The lowest BCUT2D eigenvalue weighted by Crippen LogP contribution is -2.33. The summed E-state index contributed by atoms with van der Waals surface area (Å²) in [4.78, 5) is 2.09. The number of methoxy groups -OCH3 is 1. The van der Waals surface area contributed by atoms with E-state index in [1.807, 2.05) is 13.8 Å². The molecule has 1 aromatic rings. The van der Waals surface area contributed by atoms with Gasteiger partial charge in [0.05, 0.1) is 19.0 Å². The van der Waals surface area contributed by atoms with E-state index in [1.54, 1.807) is 7.11 Å². The van der Waals surface area contributed by atoms with Crippen LogP contribution in [0.1, 0.15) is 16.7 Å². The average Bonchev–Trinajstić information content (AvgIpc) is 2.77. The maximum absolute atomic E-state index is 12.1. The Labute approximate surface area is 145 Å². The molecule has 0 saturated carbocycles. The molecule has 0 spiro atoms. The summed E-state index contributed by atoms with van der Waals surface area (Å²) in [6.07, 6.45) is -0.628. The molecule has 0 aliphatic carbocycles. The number of hydrogen-bond donors (Lipinski definition) is 1. The Balaban J connectivity index is 2.11. The van der Waals surface area contributed by atoms with Crippen LogP contribution < -0.4 is 4.74 Å². The van der Waals surface area contributed by atoms with Gasteiger partial charge in [-0.2, -0.15) is 0 Å². The normalized spacial score (nSPS) is 22.3. The van der Waals surface area contributed by atoms with E-state index >= 15 is 0 Å². The largest absolute Gasteiger partial charge is 0.496 e. The lowest BCUT2D eigenvalue weighted by atomic mass is 10.1. The first kappa shape index (κ1) is 19.2. The molecule has 1 N–H and O–H groups in total. The van der Waals surface area contributed by atoms with Gasteiger partial charge >= 0.3 is 0 Å². The smallest absolute Gasteiger partial charge is 0.214 e. The van der Waals surface area contributed by atoms with Crippen LogP contribution in [-0.2, 0) is 16.6 Å². The van der Waals surface area contributed by atoms with Gasteiger partial charge in [-0.15, -0.1) is 0 Å². The summed E-state index contributed by atoms with van der Waals surface area (Å²) >= 11 is 0. The van der Waals surface area contributed by atoms with Crippen LogP contribution in [0.5, 0.6) is 5.75 Å². The molecule has 1 fully saturated rings. The molecule has 0 radical (unpaired) electrons. The first-order valence-electron chi connectivity index (χ1n) is 8.08. The summed E-state index contributed by atoms with van der Waals surface area (Å²) in [6, 6.07) is 4.16. The Kier molecular flexibility index (Phi) is 5.91. The average molecular weight is 356 g/mol. The molecular weight excluding hydrogens is 328 g/mol. The molecule has 24 heavy (non-hydrogen) atoms. The minimum absolute atomic E-state index is 0.0261. The molecule has 0 bridgehead atoms. The molecule has 1 aromatic carbocycles. The molecule has 136 valence electrons. The fourth-order valence-corrected chi connectivity index (χ4v) is 4.51. The Morgan fingerprint density at radius 2 is 1.96 bits per heavy atom. The van der Waals surface area contributed by atoms with Crippen LogP contribution in [0.2, 0.25) is 0 Å². The highest BCUT2D eigenvalue weighted by molar-refractivity contribution is 7.89. The van der Waals surface area contributed by atoms with Gasteiger partial charge in [0.1, 0.15) is 5.75 Å². The molecule has 1 aliphatic rings. The summed E-state index contributed by atoms with van der Waals surface area (Å²) in [7, 11) is 1.39. The zero-order valence-corrected chi connectivity index (χ0v) is 15.9. The molecule has 7 heteroatoms. The van der Waals surface area contributed by atoms with Crippen molar-refractivity contribution in [2.45, 2.75) is 26.5 Å². The number of aliphatic hydroxyl groups excluding tert-OH is 1. The topological polar surface area (TPSA) is 70.1 Å². The van der Waals surface area contributed by atoms with E-state index < -0.39 is 16.1 Å². The minimum Gasteiger partial charge on any atom is -0.496 e. The van der Waals surface area contributed by atoms with Crippen molar-refractivity contribution >= 4 is 10.0 Å². The maximum Gasteiger partial charge on any atom is 0.214 e. The van der Waals surface area contributed by atoms with Crippen molar-refractivity contribution in [1.82, 2.24) is 9.21 Å². The Morgan fingerprint density at radius 1 is 1.29 bits per heavy atom. The fourth-order valence-electron chi connectivity index (χ4n) is 3.35. The molecule has 1 aliphatic heterocycles. The van der Waals surface area contributed by atoms with E-state index in [2.05, 4.69) is 17.0 Å². The van der Waals surface area contributed by atoms with Gasteiger partial charge in [-0.1, -0.05) is 17.7 Å². The number of sulfonamides is 1. The number of β-amino-alcohol motifs (C(OH)–C–C–N with tert-alkyl or cyclic N) is 1. The molecule has 2 rings (SSSR count). The standard InChI is InChI=1S/C17H28N2O4S/c1-12-6-13(2)17(23-5)14(7-12)8-19-9-15(16(20)10-19)11-24(21,22)18(3)4/h6-7,15-16,20H,8-11H2,1-5H3. The van der Waals surface area contributed by atoms with Gasteiger partial charge in [-0.3, -0.25) is 4.90 Å². The van der Waals surface area contributed by atoms with Gasteiger partial charge < -0.3 is 9.84 Å². The second-order valence-corrected chi connectivity index (χ2v) is 9.08. The first-order valence-corrected chi connectivity index (χ1v) is 9.69. The van der Waals surface area contributed by atoms with Crippen LogP contribution in [0.25, 0.3) is 0 Å². The van der Waals surface area contributed by atoms with Crippen LogP contribution in [0.15, 0.2) is 12.1 Å². The van der Waals surface area contributed by atoms with Crippen LogP contribution in [0.3, 0.4) is 0 Å². The quantitative estimate of drug-likeness (QED) is 0.823. The van der Waals surface area contributed by atoms with E-state index in [-0.39, 0.29) is 11.7 Å². The fraction of sp³-hybridized carbons (Fsp3) is 0.647. The molecule has 1 saturated heterocycles. The summed E-state index contributed by atoms with van der Waals surface area (Å²) < 4.78 is 30.9. The summed E-state index contributed by atoms with van der Waals surface area (Å²) in [6.45, 7) is 5.73. The van der Waals surface area contributed by atoms with Crippen LogP contribution in [0.4, 0.5) is 0 Å². The van der Waals surface area contributed by atoms with Gasteiger partial charge in [0.25, 0.3) is 0 Å². The highest BCUT2D eigenvalue weighted by Crippen LogP contribution is 2.29. The number of rotatable bonds is 6. The summed E-state index contributed by atoms with van der Waals surface area (Å²) in [5.74, 6) is 0.565. The minimum atomic E-state index is -3.32. The van der Waals surface area contributed by atoms with Gasteiger partial charge in [-0.05, 0) is 19.4 Å². The van der Waals surface area contributed by atoms with Gasteiger partial charge in [0, 0.05) is 45.2 Å². The number of benzene rings is 1. The molecule has 2 atom stereocenters. The molecule has 2 unspecified atom stereocenters. The molecule has 0 amide bonds. The first-order chi connectivity index (χ1) is 11.1. The second kappa shape index (κ2) is 7.39. The van der Waals surface area contributed by atoms with Gasteiger partial charge in [0.2, 0.25) is 10.0 Å². The monoisotopic (exact) mass is 356 g/mol. The maximum atomic E-state index is 12.1. The SMILES string of the molecule is COc1c(C)cc(C)cc1CN1CC(O)C(CS(=O)(=O)N(C)C)C1. The van der Waals surface area contributed by atoms with Crippen molar-refractivity contribution in [3.8, 4) is 5.75 Å². The van der Waals surface area contributed by atoms with Crippen molar-refractivity contribution in [2.24, 2.45) is 5.92 Å². The summed E-state index contributed by atoms with van der Waals surface area (Å²) in [5.41, 5.74) is 3.31. The number of aryl methyl sites for hydroxylation is 2. The van der Waals surface area contributed by atoms with Crippen molar-refractivity contribution < 1.29 is 18.3 Å². The van der Waals surface area contributed by atoms with Crippen LogP contribution in [-0.4, -0.2) is 68.9 Å².